The van der Waals surface area contributed by atoms with Gasteiger partial charge in [-0.05, 0) is 19.3 Å². The second-order valence-corrected chi connectivity index (χ2v) is 4.91. The number of nitrogens with zero attached hydrogens (tertiary/aromatic N) is 2. The number of nitrogens with one attached hydrogen (secondary N) is 2. The molecule has 0 aliphatic heterocycles. The third-order valence-electron chi connectivity index (χ3n) is 2.74. The van der Waals surface area contributed by atoms with Crippen LogP contribution in [0.5, 0.6) is 0 Å². The summed E-state index contributed by atoms with van der Waals surface area (Å²) in [5, 5.41) is 6.41. The lowest BCUT2D eigenvalue weighted by Gasteiger charge is -2.15. The molecule has 2 N–H and O–H groups in total. The monoisotopic (exact) mass is 236 g/mol. The lowest BCUT2D eigenvalue weighted by molar-refractivity contribution is 0.520. The summed E-state index contributed by atoms with van der Waals surface area (Å²) in [7, 11) is 1.86. The molecule has 0 fully saturated rings. The van der Waals surface area contributed by atoms with Crippen LogP contribution < -0.4 is 10.6 Å². The minimum absolute atomic E-state index is 0.452. The molecule has 0 radical (unpaired) electrons. The summed E-state index contributed by atoms with van der Waals surface area (Å²) in [6.45, 7) is 6.73. The van der Waals surface area contributed by atoms with Crippen molar-refractivity contribution >= 4 is 11.6 Å². The summed E-state index contributed by atoms with van der Waals surface area (Å²) in [6.07, 6.45) is 5.30. The van der Waals surface area contributed by atoms with Crippen LogP contribution >= 0.6 is 0 Å². The van der Waals surface area contributed by atoms with Crippen LogP contribution in [0.3, 0.4) is 0 Å². The van der Waals surface area contributed by atoms with Gasteiger partial charge in [0.1, 0.15) is 18.0 Å². The van der Waals surface area contributed by atoms with E-state index in [2.05, 4.69) is 41.4 Å². The summed E-state index contributed by atoms with van der Waals surface area (Å²) in [5.74, 6) is 2.52. The Morgan fingerprint density at radius 3 is 2.47 bits per heavy atom. The molecule has 1 heterocycles. The van der Waals surface area contributed by atoms with Gasteiger partial charge in [-0.25, -0.2) is 9.97 Å². The van der Waals surface area contributed by atoms with Crippen LogP contribution in [-0.2, 0) is 0 Å². The van der Waals surface area contributed by atoms with Gasteiger partial charge in [-0.15, -0.1) is 0 Å². The Balaban J connectivity index is 2.36. The van der Waals surface area contributed by atoms with Crippen molar-refractivity contribution in [3.05, 3.63) is 12.4 Å². The maximum absolute atomic E-state index is 4.21. The Kier molecular flexibility index (Phi) is 5.73. The SMILES string of the molecule is CNc1cc(NC(C)CCCC(C)C)ncn1. The Labute approximate surface area is 104 Å². The van der Waals surface area contributed by atoms with Crippen molar-refractivity contribution in [1.82, 2.24) is 9.97 Å². The van der Waals surface area contributed by atoms with E-state index in [1.54, 1.807) is 6.33 Å². The second kappa shape index (κ2) is 7.09. The minimum atomic E-state index is 0.452. The summed E-state index contributed by atoms with van der Waals surface area (Å²) < 4.78 is 0. The smallest absolute Gasteiger partial charge is 0.131 e. The molecule has 0 aliphatic carbocycles. The van der Waals surface area contributed by atoms with E-state index in [0.717, 1.165) is 17.6 Å². The molecule has 0 spiro atoms. The maximum atomic E-state index is 4.21. The highest BCUT2D eigenvalue weighted by Gasteiger charge is 2.04. The van der Waals surface area contributed by atoms with E-state index in [1.165, 1.54) is 19.3 Å². The van der Waals surface area contributed by atoms with E-state index in [1.807, 2.05) is 13.1 Å². The summed E-state index contributed by atoms with van der Waals surface area (Å²) in [6, 6.07) is 2.38. The second-order valence-electron chi connectivity index (χ2n) is 4.91. The molecule has 1 atom stereocenters. The summed E-state index contributed by atoms with van der Waals surface area (Å²) >= 11 is 0. The quantitative estimate of drug-likeness (QED) is 0.763. The van der Waals surface area contributed by atoms with Gasteiger partial charge in [0.05, 0.1) is 0 Å². The minimum Gasteiger partial charge on any atom is -0.373 e. The Hall–Kier alpha value is -1.32. The molecule has 1 rings (SSSR count). The number of hydrogen-bond donors (Lipinski definition) is 2. The molecule has 0 saturated carbocycles. The number of anilines is 2. The molecule has 1 aromatic heterocycles. The van der Waals surface area contributed by atoms with Crippen molar-refractivity contribution in [3.8, 4) is 0 Å². The van der Waals surface area contributed by atoms with Crippen molar-refractivity contribution in [3.63, 3.8) is 0 Å². The molecular formula is C13H24N4. The van der Waals surface area contributed by atoms with E-state index in [0.29, 0.717) is 6.04 Å². The summed E-state index contributed by atoms with van der Waals surface area (Å²) in [5.41, 5.74) is 0. The van der Waals surface area contributed by atoms with Gasteiger partial charge in [0.25, 0.3) is 0 Å². The zero-order valence-electron chi connectivity index (χ0n) is 11.3. The van der Waals surface area contributed by atoms with E-state index < -0.39 is 0 Å². The molecule has 1 aromatic rings. The van der Waals surface area contributed by atoms with Crippen LogP contribution in [0.4, 0.5) is 11.6 Å². The van der Waals surface area contributed by atoms with Gasteiger partial charge >= 0.3 is 0 Å². The molecule has 0 bridgehead atoms. The first-order chi connectivity index (χ1) is 8.11. The summed E-state index contributed by atoms with van der Waals surface area (Å²) in [4.78, 5) is 8.30. The first-order valence-electron chi connectivity index (χ1n) is 6.38. The average Bonchev–Trinajstić information content (AvgIpc) is 2.28. The highest BCUT2D eigenvalue weighted by atomic mass is 15.1. The van der Waals surface area contributed by atoms with Crippen LogP contribution in [0.25, 0.3) is 0 Å². The molecule has 0 aliphatic rings. The lowest BCUT2D eigenvalue weighted by Crippen LogP contribution is -2.16. The molecule has 4 heteroatoms. The van der Waals surface area contributed by atoms with E-state index in [9.17, 15) is 0 Å². The van der Waals surface area contributed by atoms with Crippen LogP contribution in [-0.4, -0.2) is 23.1 Å². The van der Waals surface area contributed by atoms with Crippen molar-refractivity contribution in [1.29, 1.82) is 0 Å². The Morgan fingerprint density at radius 1 is 1.12 bits per heavy atom. The normalized spacial score (nSPS) is 12.5. The fourth-order valence-corrected chi connectivity index (χ4v) is 1.73. The van der Waals surface area contributed by atoms with Crippen molar-refractivity contribution in [2.75, 3.05) is 17.7 Å². The van der Waals surface area contributed by atoms with Gasteiger partial charge < -0.3 is 10.6 Å². The van der Waals surface area contributed by atoms with Crippen LogP contribution in [0.15, 0.2) is 12.4 Å². The van der Waals surface area contributed by atoms with E-state index in [4.69, 9.17) is 0 Å². The average molecular weight is 236 g/mol. The topological polar surface area (TPSA) is 49.8 Å². The Bertz CT molecular complexity index is 325. The van der Waals surface area contributed by atoms with E-state index in [-0.39, 0.29) is 0 Å². The van der Waals surface area contributed by atoms with Gasteiger partial charge in [-0.3, -0.25) is 0 Å². The molecule has 1 unspecified atom stereocenters. The number of aromatic nitrogens is 2. The Morgan fingerprint density at radius 2 is 1.82 bits per heavy atom. The predicted octanol–water partition coefficient (Wildman–Crippen LogP) is 3.15. The van der Waals surface area contributed by atoms with Gasteiger partial charge in [0.15, 0.2) is 0 Å². The van der Waals surface area contributed by atoms with Crippen molar-refractivity contribution in [2.24, 2.45) is 5.92 Å². The van der Waals surface area contributed by atoms with Crippen molar-refractivity contribution in [2.45, 2.75) is 46.1 Å². The number of hydrogen-bond acceptors (Lipinski definition) is 4. The van der Waals surface area contributed by atoms with Crippen LogP contribution in [0.2, 0.25) is 0 Å². The first-order valence-corrected chi connectivity index (χ1v) is 6.38. The van der Waals surface area contributed by atoms with Gasteiger partial charge in [0.2, 0.25) is 0 Å². The largest absolute Gasteiger partial charge is 0.373 e. The molecule has 96 valence electrons. The van der Waals surface area contributed by atoms with Crippen LogP contribution in [0, 0.1) is 5.92 Å². The zero-order chi connectivity index (χ0) is 12.7. The van der Waals surface area contributed by atoms with Crippen molar-refractivity contribution < 1.29 is 0 Å². The molecule has 0 aromatic carbocycles. The molecule has 0 amide bonds. The molecule has 0 saturated heterocycles. The van der Waals surface area contributed by atoms with Gasteiger partial charge in [-0.1, -0.05) is 26.7 Å². The highest BCUT2D eigenvalue weighted by Crippen LogP contribution is 2.13. The first kappa shape index (κ1) is 13.7. The van der Waals surface area contributed by atoms with Gasteiger partial charge in [0, 0.05) is 19.2 Å². The van der Waals surface area contributed by atoms with Gasteiger partial charge in [-0.2, -0.15) is 0 Å². The molecular weight excluding hydrogens is 212 g/mol. The van der Waals surface area contributed by atoms with Crippen LogP contribution in [0.1, 0.15) is 40.0 Å². The fourth-order valence-electron chi connectivity index (χ4n) is 1.73. The number of rotatable bonds is 7. The zero-order valence-corrected chi connectivity index (χ0v) is 11.3. The predicted molar refractivity (Wildman–Crippen MR) is 73.4 cm³/mol. The van der Waals surface area contributed by atoms with E-state index >= 15 is 0 Å². The lowest BCUT2D eigenvalue weighted by atomic mass is 10.0. The third-order valence-corrected chi connectivity index (χ3v) is 2.74. The standard InChI is InChI=1S/C13H24N4/c1-10(2)6-5-7-11(3)17-13-8-12(14-4)15-9-16-13/h8-11H,5-7H2,1-4H3,(H2,14,15,16,17). The highest BCUT2D eigenvalue weighted by molar-refractivity contribution is 5.46. The fraction of sp³-hybridized carbons (Fsp3) is 0.692. The molecule has 4 nitrogen and oxygen atoms in total. The third kappa shape index (κ3) is 5.52. The maximum Gasteiger partial charge on any atom is 0.131 e. The molecule has 17 heavy (non-hydrogen) atoms.